The van der Waals surface area contributed by atoms with Gasteiger partial charge in [-0.15, -0.1) is 11.8 Å². The van der Waals surface area contributed by atoms with Gasteiger partial charge in [0.1, 0.15) is 0 Å². The van der Waals surface area contributed by atoms with Gasteiger partial charge in [-0.2, -0.15) is 0 Å². The van der Waals surface area contributed by atoms with E-state index < -0.39 is 0 Å². The van der Waals surface area contributed by atoms with E-state index in [2.05, 4.69) is 43.4 Å². The summed E-state index contributed by atoms with van der Waals surface area (Å²) in [5.41, 5.74) is 1.15. The van der Waals surface area contributed by atoms with E-state index in [0.717, 1.165) is 12.1 Å². The monoisotopic (exact) mass is 239 g/mol. The molecule has 0 bridgehead atoms. The van der Waals surface area contributed by atoms with Crippen molar-refractivity contribution in [1.29, 1.82) is 0 Å². The van der Waals surface area contributed by atoms with E-state index in [1.165, 1.54) is 4.90 Å². The highest BCUT2D eigenvalue weighted by atomic mass is 32.2. The summed E-state index contributed by atoms with van der Waals surface area (Å²) in [5.74, 6) is 0. The standard InChI is InChI=1S/C13H21NOS/c1-4-14-13(9-15)11-5-7-12(8-6-11)16-10(2)3/h5-8,10,13-15H,4,9H2,1-3H3. The quantitative estimate of drug-likeness (QED) is 0.749. The third kappa shape index (κ3) is 4.16. The van der Waals surface area contributed by atoms with Crippen molar-refractivity contribution >= 4 is 11.8 Å². The van der Waals surface area contributed by atoms with Crippen molar-refractivity contribution in [3.63, 3.8) is 0 Å². The molecule has 0 spiro atoms. The molecule has 0 aromatic heterocycles. The van der Waals surface area contributed by atoms with Gasteiger partial charge in [0.2, 0.25) is 0 Å². The van der Waals surface area contributed by atoms with E-state index >= 15 is 0 Å². The smallest absolute Gasteiger partial charge is 0.0626 e. The predicted molar refractivity (Wildman–Crippen MR) is 70.9 cm³/mol. The highest BCUT2D eigenvalue weighted by Gasteiger charge is 2.08. The zero-order valence-electron chi connectivity index (χ0n) is 10.2. The molecule has 0 saturated heterocycles. The summed E-state index contributed by atoms with van der Waals surface area (Å²) in [6.07, 6.45) is 0. The fourth-order valence-corrected chi connectivity index (χ4v) is 2.42. The highest BCUT2D eigenvalue weighted by Crippen LogP contribution is 2.24. The molecule has 0 amide bonds. The summed E-state index contributed by atoms with van der Waals surface area (Å²) in [7, 11) is 0. The van der Waals surface area contributed by atoms with Crippen molar-refractivity contribution in [2.45, 2.75) is 37.0 Å². The van der Waals surface area contributed by atoms with E-state index in [1.807, 2.05) is 18.7 Å². The largest absolute Gasteiger partial charge is 0.394 e. The number of thioether (sulfide) groups is 1. The van der Waals surface area contributed by atoms with Gasteiger partial charge in [0.25, 0.3) is 0 Å². The molecular formula is C13H21NOS. The Bertz CT molecular complexity index is 297. The highest BCUT2D eigenvalue weighted by molar-refractivity contribution is 7.99. The predicted octanol–water partition coefficient (Wildman–Crippen LogP) is 2.83. The summed E-state index contributed by atoms with van der Waals surface area (Å²) in [6, 6.07) is 8.49. The molecule has 0 heterocycles. The molecule has 16 heavy (non-hydrogen) atoms. The van der Waals surface area contributed by atoms with E-state index in [0.29, 0.717) is 5.25 Å². The van der Waals surface area contributed by atoms with Crippen LogP contribution in [0, 0.1) is 0 Å². The van der Waals surface area contributed by atoms with Crippen LogP contribution in [0.2, 0.25) is 0 Å². The van der Waals surface area contributed by atoms with Gasteiger partial charge >= 0.3 is 0 Å². The van der Waals surface area contributed by atoms with Crippen molar-refractivity contribution < 1.29 is 5.11 Å². The van der Waals surface area contributed by atoms with Crippen LogP contribution >= 0.6 is 11.8 Å². The lowest BCUT2D eigenvalue weighted by Crippen LogP contribution is -2.23. The van der Waals surface area contributed by atoms with Gasteiger partial charge in [-0.1, -0.05) is 32.9 Å². The lowest BCUT2D eigenvalue weighted by molar-refractivity contribution is 0.246. The average molecular weight is 239 g/mol. The zero-order valence-corrected chi connectivity index (χ0v) is 11.1. The first-order valence-electron chi connectivity index (χ1n) is 5.78. The molecular weight excluding hydrogens is 218 g/mol. The van der Waals surface area contributed by atoms with Crippen LogP contribution < -0.4 is 5.32 Å². The van der Waals surface area contributed by atoms with Crippen LogP contribution in [0.1, 0.15) is 32.4 Å². The number of hydrogen-bond acceptors (Lipinski definition) is 3. The van der Waals surface area contributed by atoms with Crippen LogP contribution in [0.15, 0.2) is 29.2 Å². The van der Waals surface area contributed by atoms with Crippen molar-refractivity contribution in [3.8, 4) is 0 Å². The maximum absolute atomic E-state index is 9.26. The van der Waals surface area contributed by atoms with Crippen LogP contribution in [0.5, 0.6) is 0 Å². The van der Waals surface area contributed by atoms with Gasteiger partial charge in [-0.25, -0.2) is 0 Å². The maximum atomic E-state index is 9.26. The minimum absolute atomic E-state index is 0.0584. The molecule has 0 aliphatic heterocycles. The van der Waals surface area contributed by atoms with Crippen LogP contribution in [0.4, 0.5) is 0 Å². The SMILES string of the molecule is CCNC(CO)c1ccc(SC(C)C)cc1. The van der Waals surface area contributed by atoms with E-state index in [4.69, 9.17) is 0 Å². The Kier molecular flexibility index (Phi) is 5.88. The minimum atomic E-state index is 0.0584. The Balaban J connectivity index is 2.69. The first-order valence-corrected chi connectivity index (χ1v) is 6.66. The molecule has 1 unspecified atom stereocenters. The van der Waals surface area contributed by atoms with E-state index in [9.17, 15) is 5.11 Å². The summed E-state index contributed by atoms with van der Waals surface area (Å²) >= 11 is 1.86. The number of likely N-dealkylation sites (N-methyl/N-ethyl adjacent to an activating group) is 1. The molecule has 0 aliphatic carbocycles. The Morgan fingerprint density at radius 1 is 1.25 bits per heavy atom. The number of rotatable bonds is 6. The third-order valence-corrected chi connectivity index (χ3v) is 3.30. The van der Waals surface area contributed by atoms with Crippen LogP contribution in [-0.2, 0) is 0 Å². The number of benzene rings is 1. The Hall–Kier alpha value is -0.510. The fourth-order valence-electron chi connectivity index (χ4n) is 1.59. The van der Waals surface area contributed by atoms with Gasteiger partial charge in [0.05, 0.1) is 12.6 Å². The Labute approximate surface area is 102 Å². The molecule has 0 fully saturated rings. The second-order valence-corrected chi connectivity index (χ2v) is 5.68. The molecule has 1 rings (SSSR count). The molecule has 1 atom stereocenters. The van der Waals surface area contributed by atoms with E-state index in [1.54, 1.807) is 0 Å². The van der Waals surface area contributed by atoms with Gasteiger partial charge in [0, 0.05) is 10.1 Å². The molecule has 2 N–H and O–H groups in total. The molecule has 90 valence electrons. The van der Waals surface area contributed by atoms with Gasteiger partial charge in [0.15, 0.2) is 0 Å². The number of hydrogen-bond donors (Lipinski definition) is 2. The molecule has 0 radical (unpaired) electrons. The number of aliphatic hydroxyl groups excluding tert-OH is 1. The summed E-state index contributed by atoms with van der Waals surface area (Å²) in [6.45, 7) is 7.44. The Morgan fingerprint density at radius 3 is 2.31 bits per heavy atom. The second kappa shape index (κ2) is 6.94. The molecule has 0 saturated carbocycles. The minimum Gasteiger partial charge on any atom is -0.394 e. The summed E-state index contributed by atoms with van der Waals surface area (Å²) in [5, 5.41) is 13.1. The first kappa shape index (κ1) is 13.6. The third-order valence-electron chi connectivity index (χ3n) is 2.29. The average Bonchev–Trinajstić information content (AvgIpc) is 2.26. The van der Waals surface area contributed by atoms with Crippen LogP contribution in [0.3, 0.4) is 0 Å². The van der Waals surface area contributed by atoms with Gasteiger partial charge in [-0.05, 0) is 24.2 Å². The van der Waals surface area contributed by atoms with Crippen molar-refractivity contribution in [3.05, 3.63) is 29.8 Å². The topological polar surface area (TPSA) is 32.3 Å². The molecule has 2 nitrogen and oxygen atoms in total. The number of aliphatic hydroxyl groups is 1. The van der Waals surface area contributed by atoms with Gasteiger partial charge < -0.3 is 10.4 Å². The van der Waals surface area contributed by atoms with Crippen molar-refractivity contribution in [2.75, 3.05) is 13.2 Å². The molecule has 1 aromatic rings. The molecule has 0 aliphatic rings. The first-order chi connectivity index (χ1) is 7.67. The van der Waals surface area contributed by atoms with Gasteiger partial charge in [-0.3, -0.25) is 0 Å². The van der Waals surface area contributed by atoms with Crippen LogP contribution in [-0.4, -0.2) is 23.5 Å². The number of nitrogens with one attached hydrogen (secondary N) is 1. The zero-order chi connectivity index (χ0) is 12.0. The van der Waals surface area contributed by atoms with Crippen molar-refractivity contribution in [1.82, 2.24) is 5.32 Å². The fraction of sp³-hybridized carbons (Fsp3) is 0.538. The summed E-state index contributed by atoms with van der Waals surface area (Å²) in [4.78, 5) is 1.28. The second-order valence-electron chi connectivity index (χ2n) is 4.03. The van der Waals surface area contributed by atoms with Crippen molar-refractivity contribution in [2.24, 2.45) is 0 Å². The van der Waals surface area contributed by atoms with Crippen LogP contribution in [0.25, 0.3) is 0 Å². The normalized spacial score (nSPS) is 13.1. The molecule has 3 heteroatoms. The van der Waals surface area contributed by atoms with E-state index in [-0.39, 0.29) is 12.6 Å². The lowest BCUT2D eigenvalue weighted by atomic mass is 10.1. The maximum Gasteiger partial charge on any atom is 0.0626 e. The Morgan fingerprint density at radius 2 is 1.88 bits per heavy atom. The lowest BCUT2D eigenvalue weighted by Gasteiger charge is -2.16. The molecule has 1 aromatic carbocycles. The summed E-state index contributed by atoms with van der Waals surface area (Å²) < 4.78 is 0.